The van der Waals surface area contributed by atoms with Crippen molar-refractivity contribution >= 4 is 17.4 Å². The van der Waals surface area contributed by atoms with Crippen molar-refractivity contribution in [2.45, 2.75) is 13.8 Å². The number of pyridine rings is 1. The number of carbonyl (C=O) groups is 1. The molecular weight excluding hydrogens is 198 g/mol. The number of hydrogen-bond acceptors (Lipinski definition) is 4. The van der Waals surface area contributed by atoms with Gasteiger partial charge in [0.15, 0.2) is 0 Å². The minimum atomic E-state index is -0.527. The fourth-order valence-corrected chi connectivity index (χ4v) is 1.19. The van der Waals surface area contributed by atoms with E-state index in [2.05, 4.69) is 4.98 Å². The Morgan fingerprint density at radius 3 is 2.60 bits per heavy atom. The summed E-state index contributed by atoms with van der Waals surface area (Å²) in [7, 11) is 0. The van der Waals surface area contributed by atoms with Gasteiger partial charge in [-0.2, -0.15) is 0 Å². The summed E-state index contributed by atoms with van der Waals surface area (Å²) >= 11 is 0. The Hall–Kier alpha value is -1.98. The molecule has 6 nitrogen and oxygen atoms in total. The first kappa shape index (κ1) is 11.1. The Balaban J connectivity index is 2.97. The van der Waals surface area contributed by atoms with E-state index in [4.69, 9.17) is 0 Å². The lowest BCUT2D eigenvalue weighted by Crippen LogP contribution is -2.28. The number of rotatable bonds is 3. The van der Waals surface area contributed by atoms with E-state index in [0.717, 1.165) is 6.20 Å². The summed E-state index contributed by atoms with van der Waals surface area (Å²) in [5, 5.41) is 10.4. The Kier molecular flexibility index (Phi) is 3.33. The summed E-state index contributed by atoms with van der Waals surface area (Å²) in [6.07, 6.45) is 1.14. The molecule has 15 heavy (non-hydrogen) atoms. The van der Waals surface area contributed by atoms with Crippen LogP contribution >= 0.6 is 0 Å². The third-order valence-electron chi connectivity index (χ3n) is 1.92. The monoisotopic (exact) mass is 209 g/mol. The first-order chi connectivity index (χ1) is 7.06. The van der Waals surface area contributed by atoms with Crippen molar-refractivity contribution in [2.24, 2.45) is 0 Å². The fraction of sp³-hybridized carbons (Fsp3) is 0.333. The first-order valence-electron chi connectivity index (χ1n) is 4.44. The van der Waals surface area contributed by atoms with E-state index in [1.165, 1.54) is 24.0 Å². The molecule has 0 aliphatic rings. The number of nitro groups is 1. The van der Waals surface area contributed by atoms with Gasteiger partial charge in [-0.05, 0) is 13.0 Å². The van der Waals surface area contributed by atoms with Crippen LogP contribution in [0.2, 0.25) is 0 Å². The number of anilines is 1. The smallest absolute Gasteiger partial charge is 0.287 e. The van der Waals surface area contributed by atoms with Crippen LogP contribution in [0.5, 0.6) is 0 Å². The maximum Gasteiger partial charge on any atom is 0.287 e. The van der Waals surface area contributed by atoms with Crippen LogP contribution in [0.25, 0.3) is 0 Å². The Labute approximate surface area is 86.7 Å². The second-order valence-electron chi connectivity index (χ2n) is 2.89. The van der Waals surface area contributed by atoms with Crippen LogP contribution in [0, 0.1) is 10.1 Å². The van der Waals surface area contributed by atoms with Crippen molar-refractivity contribution in [1.29, 1.82) is 0 Å². The van der Waals surface area contributed by atoms with Crippen LogP contribution in [0.4, 0.5) is 11.5 Å². The van der Waals surface area contributed by atoms with Gasteiger partial charge in [0.2, 0.25) is 5.91 Å². The van der Waals surface area contributed by atoms with E-state index in [-0.39, 0.29) is 11.6 Å². The van der Waals surface area contributed by atoms with Gasteiger partial charge in [-0.1, -0.05) is 0 Å². The first-order valence-corrected chi connectivity index (χ1v) is 4.44. The quantitative estimate of drug-likeness (QED) is 0.556. The molecule has 0 aromatic carbocycles. The zero-order chi connectivity index (χ0) is 11.4. The molecule has 6 heteroatoms. The number of carbonyl (C=O) groups excluding carboxylic acids is 1. The van der Waals surface area contributed by atoms with E-state index in [0.29, 0.717) is 12.4 Å². The third kappa shape index (κ3) is 2.49. The second kappa shape index (κ2) is 4.50. The lowest BCUT2D eigenvalue weighted by atomic mass is 10.4. The van der Waals surface area contributed by atoms with Gasteiger partial charge in [0.1, 0.15) is 12.0 Å². The molecule has 0 N–H and O–H groups in total. The van der Waals surface area contributed by atoms with Crippen molar-refractivity contribution in [3.63, 3.8) is 0 Å². The molecule has 1 amide bonds. The Bertz CT molecular complexity index is 375. The molecule has 0 fully saturated rings. The van der Waals surface area contributed by atoms with Crippen LogP contribution in [-0.2, 0) is 4.79 Å². The minimum Gasteiger partial charge on any atom is -0.297 e. The highest BCUT2D eigenvalue weighted by molar-refractivity contribution is 5.90. The Morgan fingerprint density at radius 1 is 1.60 bits per heavy atom. The minimum absolute atomic E-state index is 0.0849. The van der Waals surface area contributed by atoms with Gasteiger partial charge in [0.05, 0.1) is 4.92 Å². The van der Waals surface area contributed by atoms with Crippen molar-refractivity contribution in [1.82, 2.24) is 4.98 Å². The maximum atomic E-state index is 11.1. The van der Waals surface area contributed by atoms with Gasteiger partial charge in [-0.15, -0.1) is 0 Å². The van der Waals surface area contributed by atoms with E-state index in [9.17, 15) is 14.9 Å². The van der Waals surface area contributed by atoms with E-state index in [1.807, 2.05) is 6.92 Å². The number of hydrogen-bond donors (Lipinski definition) is 0. The van der Waals surface area contributed by atoms with Gasteiger partial charge in [-0.3, -0.25) is 19.8 Å². The lowest BCUT2D eigenvalue weighted by molar-refractivity contribution is -0.385. The van der Waals surface area contributed by atoms with Crippen LogP contribution in [0.15, 0.2) is 18.3 Å². The third-order valence-corrected chi connectivity index (χ3v) is 1.92. The number of amides is 1. The molecule has 80 valence electrons. The standard InChI is InChI=1S/C9H11N3O3/c1-3-11(7(2)13)9-5-4-8(6-10-9)12(14)15/h4-6H,3H2,1-2H3. The van der Waals surface area contributed by atoms with E-state index >= 15 is 0 Å². The van der Waals surface area contributed by atoms with Crippen LogP contribution in [0.1, 0.15) is 13.8 Å². The predicted octanol–water partition coefficient (Wildman–Crippen LogP) is 1.36. The predicted molar refractivity (Wildman–Crippen MR) is 54.6 cm³/mol. The average molecular weight is 209 g/mol. The molecule has 0 aliphatic carbocycles. The topological polar surface area (TPSA) is 76.3 Å². The largest absolute Gasteiger partial charge is 0.297 e. The summed E-state index contributed by atoms with van der Waals surface area (Å²) in [5.74, 6) is 0.287. The molecule has 0 bridgehead atoms. The van der Waals surface area contributed by atoms with Crippen molar-refractivity contribution in [3.8, 4) is 0 Å². The van der Waals surface area contributed by atoms with E-state index < -0.39 is 4.92 Å². The van der Waals surface area contributed by atoms with Gasteiger partial charge in [-0.25, -0.2) is 4.98 Å². The van der Waals surface area contributed by atoms with Gasteiger partial charge in [0.25, 0.3) is 5.69 Å². The molecule has 0 aliphatic heterocycles. The van der Waals surface area contributed by atoms with Gasteiger partial charge < -0.3 is 0 Å². The van der Waals surface area contributed by atoms with Crippen LogP contribution in [-0.4, -0.2) is 22.4 Å². The summed E-state index contributed by atoms with van der Waals surface area (Å²) < 4.78 is 0. The summed E-state index contributed by atoms with van der Waals surface area (Å²) in [4.78, 5) is 26.3. The molecular formula is C9H11N3O3. The number of nitrogens with zero attached hydrogens (tertiary/aromatic N) is 3. The van der Waals surface area contributed by atoms with Gasteiger partial charge in [0, 0.05) is 19.5 Å². The van der Waals surface area contributed by atoms with Gasteiger partial charge >= 0.3 is 0 Å². The molecule has 0 saturated carbocycles. The van der Waals surface area contributed by atoms with E-state index in [1.54, 1.807) is 0 Å². The van der Waals surface area contributed by atoms with Crippen LogP contribution in [0.3, 0.4) is 0 Å². The Morgan fingerprint density at radius 2 is 2.27 bits per heavy atom. The molecule has 0 atom stereocenters. The molecule has 1 rings (SSSR count). The highest BCUT2D eigenvalue weighted by atomic mass is 16.6. The number of aromatic nitrogens is 1. The average Bonchev–Trinajstić information content (AvgIpc) is 2.19. The highest BCUT2D eigenvalue weighted by Crippen LogP contribution is 2.15. The fourth-order valence-electron chi connectivity index (χ4n) is 1.19. The van der Waals surface area contributed by atoms with Crippen molar-refractivity contribution in [3.05, 3.63) is 28.4 Å². The van der Waals surface area contributed by atoms with Crippen molar-refractivity contribution < 1.29 is 9.72 Å². The normalized spacial score (nSPS) is 9.73. The molecule has 0 unspecified atom stereocenters. The molecule has 0 saturated heterocycles. The molecule has 0 radical (unpaired) electrons. The molecule has 1 aromatic heterocycles. The SMILES string of the molecule is CCN(C(C)=O)c1ccc([N+](=O)[O-])cn1. The maximum absolute atomic E-state index is 11.1. The van der Waals surface area contributed by atoms with Crippen molar-refractivity contribution in [2.75, 3.05) is 11.4 Å². The highest BCUT2D eigenvalue weighted by Gasteiger charge is 2.12. The molecule has 1 heterocycles. The zero-order valence-corrected chi connectivity index (χ0v) is 8.51. The lowest BCUT2D eigenvalue weighted by Gasteiger charge is -2.16. The zero-order valence-electron chi connectivity index (χ0n) is 8.51. The second-order valence-corrected chi connectivity index (χ2v) is 2.89. The van der Waals surface area contributed by atoms with Crippen LogP contribution < -0.4 is 4.90 Å². The molecule has 1 aromatic rings. The summed E-state index contributed by atoms with van der Waals surface area (Å²) in [5.41, 5.74) is -0.0849. The summed E-state index contributed by atoms with van der Waals surface area (Å²) in [6, 6.07) is 2.79. The summed E-state index contributed by atoms with van der Waals surface area (Å²) in [6.45, 7) is 3.72. The molecule has 0 spiro atoms.